The molecule has 0 aliphatic rings. The second kappa shape index (κ2) is 29.0. The highest BCUT2D eigenvalue weighted by molar-refractivity contribution is 7.46. The third-order valence-corrected chi connectivity index (χ3v) is 7.64. The zero-order valence-corrected chi connectivity index (χ0v) is 26.4. The van der Waals surface area contributed by atoms with Gasteiger partial charge in [0.05, 0.1) is 13.2 Å². The number of phosphoric ester groups is 1. The molecular weight excluding hydrogens is 515 g/mol. The second-order valence-corrected chi connectivity index (χ2v) is 12.4. The van der Waals surface area contributed by atoms with Crippen LogP contribution < -0.4 is 0 Å². The minimum absolute atomic E-state index is 0.0853. The molecule has 0 rings (SSSR count). The summed E-state index contributed by atoms with van der Waals surface area (Å²) in [6, 6.07) is 0. The van der Waals surface area contributed by atoms with Crippen molar-refractivity contribution < 1.29 is 33.1 Å². The Kier molecular flexibility index (Phi) is 28.7. The van der Waals surface area contributed by atoms with Crippen LogP contribution in [0.25, 0.3) is 0 Å². The highest BCUT2D eigenvalue weighted by atomic mass is 31.2. The second-order valence-electron chi connectivity index (χ2n) is 11.1. The molecular formula is C31H63O7P. The lowest BCUT2D eigenvalue weighted by molar-refractivity contribution is -0.154. The molecule has 0 aromatic carbocycles. The maximum Gasteiger partial charge on any atom is 0.469 e. The van der Waals surface area contributed by atoms with E-state index in [4.69, 9.17) is 19.3 Å². The number of unbranched alkanes of at least 4 members (excludes halogenated alkanes) is 21. The summed E-state index contributed by atoms with van der Waals surface area (Å²) >= 11 is 0. The molecule has 0 aliphatic carbocycles. The van der Waals surface area contributed by atoms with Crippen molar-refractivity contribution in [3.8, 4) is 0 Å². The van der Waals surface area contributed by atoms with Crippen LogP contribution >= 0.6 is 7.82 Å². The van der Waals surface area contributed by atoms with Crippen LogP contribution in [0.5, 0.6) is 0 Å². The number of ether oxygens (including phenoxy) is 2. The molecule has 2 N–H and O–H groups in total. The van der Waals surface area contributed by atoms with Gasteiger partial charge in [-0.1, -0.05) is 149 Å². The minimum Gasteiger partial charge on any atom is -0.457 e. The lowest BCUT2D eigenvalue weighted by Crippen LogP contribution is -2.28. The fraction of sp³-hybridized carbons (Fsp3) is 0.968. The van der Waals surface area contributed by atoms with Gasteiger partial charge >= 0.3 is 13.8 Å². The molecule has 0 heterocycles. The summed E-state index contributed by atoms with van der Waals surface area (Å²) in [6.07, 6.45) is 28.0. The third kappa shape index (κ3) is 31.9. The van der Waals surface area contributed by atoms with Gasteiger partial charge in [-0.05, 0) is 12.8 Å². The summed E-state index contributed by atoms with van der Waals surface area (Å²) in [6.45, 7) is 4.75. The Morgan fingerprint density at radius 1 is 0.590 bits per heavy atom. The van der Waals surface area contributed by atoms with Crippen LogP contribution in [0.3, 0.4) is 0 Å². The molecule has 0 saturated carbocycles. The molecule has 0 bridgehead atoms. The Balaban J connectivity index is 3.85. The van der Waals surface area contributed by atoms with Crippen molar-refractivity contribution in [3.63, 3.8) is 0 Å². The number of rotatable bonds is 31. The zero-order chi connectivity index (χ0) is 28.9. The molecule has 0 aliphatic heterocycles. The summed E-state index contributed by atoms with van der Waals surface area (Å²) < 4.78 is 26.8. The van der Waals surface area contributed by atoms with E-state index in [9.17, 15) is 9.36 Å². The van der Waals surface area contributed by atoms with Crippen LogP contribution in [0.1, 0.15) is 168 Å². The summed E-state index contributed by atoms with van der Waals surface area (Å²) in [4.78, 5) is 30.3. The summed E-state index contributed by atoms with van der Waals surface area (Å²) in [7, 11) is -4.63. The van der Waals surface area contributed by atoms with Gasteiger partial charge in [0.1, 0.15) is 6.10 Å². The SMILES string of the molecule is CCCCCCCCCCCCCCOCC(COP(=O)(O)O)OC(=O)CCCCCCCCCCCCC. The van der Waals surface area contributed by atoms with Crippen molar-refractivity contribution in [2.24, 2.45) is 0 Å². The third-order valence-electron chi connectivity index (χ3n) is 7.16. The van der Waals surface area contributed by atoms with Crippen LogP contribution in [-0.4, -0.2) is 41.7 Å². The normalized spacial score (nSPS) is 12.6. The minimum atomic E-state index is -4.63. The lowest BCUT2D eigenvalue weighted by atomic mass is 10.1. The molecule has 1 unspecified atom stereocenters. The Labute approximate surface area is 240 Å². The fourth-order valence-electron chi connectivity index (χ4n) is 4.73. The first-order chi connectivity index (χ1) is 18.9. The van der Waals surface area contributed by atoms with E-state index in [1.807, 2.05) is 0 Å². The Morgan fingerprint density at radius 2 is 0.974 bits per heavy atom. The highest BCUT2D eigenvalue weighted by Crippen LogP contribution is 2.35. The molecule has 234 valence electrons. The van der Waals surface area contributed by atoms with Crippen LogP contribution in [0.15, 0.2) is 0 Å². The van der Waals surface area contributed by atoms with Crippen LogP contribution in [0.4, 0.5) is 0 Å². The maximum atomic E-state index is 12.3. The van der Waals surface area contributed by atoms with Gasteiger partial charge in [0, 0.05) is 13.0 Å². The fourth-order valence-corrected chi connectivity index (χ4v) is 5.10. The Hall–Kier alpha value is -0.460. The molecule has 0 amide bonds. The van der Waals surface area contributed by atoms with Gasteiger partial charge in [0.15, 0.2) is 0 Å². The predicted molar refractivity (Wildman–Crippen MR) is 161 cm³/mol. The monoisotopic (exact) mass is 578 g/mol. The summed E-state index contributed by atoms with van der Waals surface area (Å²) in [5, 5.41) is 0. The van der Waals surface area contributed by atoms with E-state index in [2.05, 4.69) is 18.4 Å². The molecule has 7 nitrogen and oxygen atoms in total. The number of phosphoric acid groups is 1. The predicted octanol–water partition coefficient (Wildman–Crippen LogP) is 9.43. The van der Waals surface area contributed by atoms with Crippen LogP contribution in [0.2, 0.25) is 0 Å². The largest absolute Gasteiger partial charge is 0.469 e. The van der Waals surface area contributed by atoms with E-state index >= 15 is 0 Å². The molecule has 0 saturated heterocycles. The topological polar surface area (TPSA) is 102 Å². The quantitative estimate of drug-likeness (QED) is 0.0480. The first-order valence-electron chi connectivity index (χ1n) is 16.4. The molecule has 0 aromatic rings. The Morgan fingerprint density at radius 3 is 1.38 bits per heavy atom. The van der Waals surface area contributed by atoms with Gasteiger partial charge in [-0.3, -0.25) is 9.32 Å². The average Bonchev–Trinajstić information content (AvgIpc) is 2.90. The summed E-state index contributed by atoms with van der Waals surface area (Å²) in [5.74, 6) is -0.362. The van der Waals surface area contributed by atoms with Crippen molar-refractivity contribution in [1.29, 1.82) is 0 Å². The first-order valence-corrected chi connectivity index (χ1v) is 17.9. The number of carbonyl (C=O) groups excluding carboxylic acids is 1. The first kappa shape index (κ1) is 38.5. The van der Waals surface area contributed by atoms with Crippen LogP contribution in [-0.2, 0) is 23.4 Å². The van der Waals surface area contributed by atoms with Gasteiger partial charge in [0.25, 0.3) is 0 Å². The number of hydrogen-bond acceptors (Lipinski definition) is 5. The molecule has 0 fully saturated rings. The molecule has 0 aromatic heterocycles. The number of esters is 1. The van der Waals surface area contributed by atoms with Crippen LogP contribution in [0, 0.1) is 0 Å². The van der Waals surface area contributed by atoms with Gasteiger partial charge in [-0.2, -0.15) is 0 Å². The zero-order valence-electron chi connectivity index (χ0n) is 25.6. The molecule has 0 spiro atoms. The van der Waals surface area contributed by atoms with Crippen molar-refractivity contribution in [2.45, 2.75) is 174 Å². The van der Waals surface area contributed by atoms with E-state index in [-0.39, 0.29) is 19.2 Å². The van der Waals surface area contributed by atoms with Crippen molar-refractivity contribution in [2.75, 3.05) is 19.8 Å². The van der Waals surface area contributed by atoms with Gasteiger partial charge in [-0.15, -0.1) is 0 Å². The summed E-state index contributed by atoms with van der Waals surface area (Å²) in [5.41, 5.74) is 0. The average molecular weight is 579 g/mol. The van der Waals surface area contributed by atoms with Gasteiger partial charge in [-0.25, -0.2) is 4.57 Å². The van der Waals surface area contributed by atoms with Gasteiger partial charge < -0.3 is 19.3 Å². The van der Waals surface area contributed by atoms with E-state index in [1.54, 1.807) is 0 Å². The lowest BCUT2D eigenvalue weighted by Gasteiger charge is -2.18. The van der Waals surface area contributed by atoms with E-state index in [0.717, 1.165) is 32.1 Å². The molecule has 0 radical (unpaired) electrons. The smallest absolute Gasteiger partial charge is 0.457 e. The van der Waals surface area contributed by atoms with Crippen molar-refractivity contribution in [3.05, 3.63) is 0 Å². The molecule has 8 heteroatoms. The molecule has 39 heavy (non-hydrogen) atoms. The van der Waals surface area contributed by atoms with E-state index in [1.165, 1.54) is 116 Å². The van der Waals surface area contributed by atoms with Crippen molar-refractivity contribution >= 4 is 13.8 Å². The highest BCUT2D eigenvalue weighted by Gasteiger charge is 2.21. The van der Waals surface area contributed by atoms with E-state index < -0.39 is 13.9 Å². The maximum absolute atomic E-state index is 12.3. The van der Waals surface area contributed by atoms with Gasteiger partial charge in [0.2, 0.25) is 0 Å². The number of carbonyl (C=O) groups is 1. The number of hydrogen-bond donors (Lipinski definition) is 2. The Bertz CT molecular complexity index is 567. The van der Waals surface area contributed by atoms with E-state index in [0.29, 0.717) is 13.0 Å². The van der Waals surface area contributed by atoms with Crippen molar-refractivity contribution in [1.82, 2.24) is 0 Å². The standard InChI is InChI=1S/C31H63O7P/c1-3-5-7-9-11-13-15-17-19-21-23-25-27-36-28-30(29-37-39(33,34)35)38-31(32)26-24-22-20-18-16-14-12-10-8-6-4-2/h30H,3-29H2,1-2H3,(H2,33,34,35). The molecule has 1 atom stereocenters.